The van der Waals surface area contributed by atoms with Crippen LogP contribution in [-0.2, 0) is 14.8 Å². The number of carbonyl (C=O) groups excluding carboxylic acids is 1. The molecule has 0 aliphatic heterocycles. The van der Waals surface area contributed by atoms with Crippen LogP contribution < -0.4 is 14.4 Å². The Morgan fingerprint density at radius 2 is 1.70 bits per heavy atom. The summed E-state index contributed by atoms with van der Waals surface area (Å²) in [4.78, 5) is 12.8. The van der Waals surface area contributed by atoms with Crippen LogP contribution in [0.15, 0.2) is 54.6 Å². The van der Waals surface area contributed by atoms with Crippen molar-refractivity contribution >= 4 is 21.6 Å². The van der Waals surface area contributed by atoms with Crippen LogP contribution in [0, 0.1) is 0 Å². The van der Waals surface area contributed by atoms with Gasteiger partial charge < -0.3 is 10.1 Å². The Hall–Kier alpha value is -2.54. The molecule has 1 N–H and O–H groups in total. The number of carbonyl (C=O) groups is 1. The van der Waals surface area contributed by atoms with Gasteiger partial charge in [-0.25, -0.2) is 8.42 Å². The van der Waals surface area contributed by atoms with Crippen LogP contribution in [0.25, 0.3) is 0 Å². The van der Waals surface area contributed by atoms with Gasteiger partial charge in [0.2, 0.25) is 15.9 Å². The highest BCUT2D eigenvalue weighted by atomic mass is 32.2. The number of hydrogen-bond acceptors (Lipinski definition) is 4. The summed E-state index contributed by atoms with van der Waals surface area (Å²) in [5.74, 6) is 0.382. The molecule has 0 spiro atoms. The molecule has 0 aromatic heterocycles. The lowest BCUT2D eigenvalue weighted by Crippen LogP contribution is -2.48. The van der Waals surface area contributed by atoms with Gasteiger partial charge in [0.15, 0.2) is 0 Å². The standard InChI is InChI=1S/C20H26N2O4S/c1-5-19(16-11-13-18(26-3)14-12-16)21-20(23)15(2)22(27(4,24)25)17-9-7-6-8-10-17/h6-15,19H,5H2,1-4H3,(H,21,23)/t15-,19+/m0/s1. The van der Waals surface area contributed by atoms with Crippen molar-refractivity contribution in [3.05, 3.63) is 60.2 Å². The van der Waals surface area contributed by atoms with E-state index in [9.17, 15) is 13.2 Å². The minimum absolute atomic E-state index is 0.219. The second-order valence-electron chi connectivity index (χ2n) is 6.31. The van der Waals surface area contributed by atoms with Gasteiger partial charge in [-0.2, -0.15) is 0 Å². The van der Waals surface area contributed by atoms with Crippen LogP contribution in [0.4, 0.5) is 5.69 Å². The van der Waals surface area contributed by atoms with Gasteiger partial charge in [-0.05, 0) is 43.2 Å². The van der Waals surface area contributed by atoms with Gasteiger partial charge in [-0.3, -0.25) is 9.10 Å². The normalized spacial score (nSPS) is 13.5. The van der Waals surface area contributed by atoms with E-state index in [-0.39, 0.29) is 11.9 Å². The van der Waals surface area contributed by atoms with Gasteiger partial charge in [-0.1, -0.05) is 37.3 Å². The number of rotatable bonds is 8. The van der Waals surface area contributed by atoms with Crippen LogP contribution in [0.3, 0.4) is 0 Å². The number of benzene rings is 2. The van der Waals surface area contributed by atoms with E-state index in [1.165, 1.54) is 0 Å². The van der Waals surface area contributed by atoms with Gasteiger partial charge in [0.25, 0.3) is 0 Å². The van der Waals surface area contributed by atoms with Crippen LogP contribution in [0.1, 0.15) is 31.9 Å². The second kappa shape index (κ2) is 8.90. The summed E-state index contributed by atoms with van der Waals surface area (Å²) < 4.78 is 30.9. The third kappa shape index (κ3) is 5.23. The molecular formula is C20H26N2O4S. The Morgan fingerprint density at radius 1 is 1.11 bits per heavy atom. The van der Waals surface area contributed by atoms with Gasteiger partial charge >= 0.3 is 0 Å². The number of nitrogens with zero attached hydrogens (tertiary/aromatic N) is 1. The molecule has 0 aliphatic rings. The molecule has 0 fully saturated rings. The lowest BCUT2D eigenvalue weighted by atomic mass is 10.0. The Labute approximate surface area is 161 Å². The van der Waals surface area contributed by atoms with E-state index in [2.05, 4.69) is 5.32 Å². The molecule has 2 aromatic carbocycles. The highest BCUT2D eigenvalue weighted by Crippen LogP contribution is 2.23. The zero-order valence-electron chi connectivity index (χ0n) is 16.0. The number of sulfonamides is 1. The summed E-state index contributed by atoms with van der Waals surface area (Å²) in [6.45, 7) is 3.55. The number of methoxy groups -OCH3 is 1. The average Bonchev–Trinajstić information content (AvgIpc) is 2.65. The molecule has 0 unspecified atom stereocenters. The lowest BCUT2D eigenvalue weighted by molar-refractivity contribution is -0.122. The Balaban J connectivity index is 2.22. The van der Waals surface area contributed by atoms with Crippen molar-refractivity contribution in [2.45, 2.75) is 32.4 Å². The lowest BCUT2D eigenvalue weighted by Gasteiger charge is -2.29. The fourth-order valence-electron chi connectivity index (χ4n) is 2.93. The maximum Gasteiger partial charge on any atom is 0.244 e. The van der Waals surface area contributed by atoms with Crippen LogP contribution in [0.2, 0.25) is 0 Å². The first-order chi connectivity index (χ1) is 12.8. The molecule has 0 aliphatic carbocycles. The van der Waals surface area contributed by atoms with Crippen LogP contribution in [-0.4, -0.2) is 33.7 Å². The van der Waals surface area contributed by atoms with Gasteiger partial charge in [0, 0.05) is 0 Å². The molecule has 0 saturated carbocycles. The fraction of sp³-hybridized carbons (Fsp3) is 0.350. The molecule has 6 nitrogen and oxygen atoms in total. The maximum atomic E-state index is 12.8. The van der Waals surface area contributed by atoms with E-state index in [0.717, 1.165) is 21.9 Å². The number of anilines is 1. The molecule has 2 atom stereocenters. The van der Waals surface area contributed by atoms with E-state index >= 15 is 0 Å². The third-order valence-corrected chi connectivity index (χ3v) is 5.58. The molecular weight excluding hydrogens is 364 g/mol. The number of para-hydroxylation sites is 1. The maximum absolute atomic E-state index is 12.8. The zero-order chi connectivity index (χ0) is 20.0. The molecule has 2 aromatic rings. The number of amides is 1. The Morgan fingerprint density at radius 3 is 2.19 bits per heavy atom. The first-order valence-electron chi connectivity index (χ1n) is 8.76. The number of nitrogens with one attached hydrogen (secondary N) is 1. The Bertz CT molecular complexity index is 851. The van der Waals surface area contributed by atoms with Crippen LogP contribution in [0.5, 0.6) is 5.75 Å². The molecule has 1 amide bonds. The first-order valence-corrected chi connectivity index (χ1v) is 10.6. The van der Waals surface area contributed by atoms with Crippen molar-refractivity contribution in [2.24, 2.45) is 0 Å². The first kappa shape index (κ1) is 20.8. The summed E-state index contributed by atoms with van der Waals surface area (Å²) in [6, 6.07) is 15.0. The van der Waals surface area contributed by atoms with Gasteiger partial charge in [0.05, 0.1) is 25.1 Å². The molecule has 2 rings (SSSR count). The SMILES string of the molecule is CC[C@@H](NC(=O)[C@H](C)N(c1ccccc1)S(C)(=O)=O)c1ccc(OC)cc1. The molecule has 0 bridgehead atoms. The minimum atomic E-state index is -3.62. The zero-order valence-corrected chi connectivity index (χ0v) is 16.9. The monoisotopic (exact) mass is 390 g/mol. The fourth-order valence-corrected chi connectivity index (χ4v) is 4.11. The van der Waals surface area contributed by atoms with Gasteiger partial charge in [0.1, 0.15) is 11.8 Å². The van der Waals surface area contributed by atoms with E-state index in [1.807, 2.05) is 31.2 Å². The smallest absolute Gasteiger partial charge is 0.244 e. The van der Waals surface area contributed by atoms with E-state index in [1.54, 1.807) is 44.4 Å². The van der Waals surface area contributed by atoms with Crippen molar-refractivity contribution in [1.29, 1.82) is 0 Å². The van der Waals surface area contributed by atoms with Crippen molar-refractivity contribution < 1.29 is 17.9 Å². The van der Waals surface area contributed by atoms with Gasteiger partial charge in [-0.15, -0.1) is 0 Å². The quantitative estimate of drug-likeness (QED) is 0.751. The molecule has 0 heterocycles. The van der Waals surface area contributed by atoms with Crippen molar-refractivity contribution in [1.82, 2.24) is 5.32 Å². The predicted molar refractivity (Wildman–Crippen MR) is 107 cm³/mol. The van der Waals surface area contributed by atoms with E-state index in [4.69, 9.17) is 4.74 Å². The van der Waals surface area contributed by atoms with Crippen molar-refractivity contribution in [3.8, 4) is 5.75 Å². The average molecular weight is 391 g/mol. The molecule has 27 heavy (non-hydrogen) atoms. The highest BCUT2D eigenvalue weighted by molar-refractivity contribution is 7.92. The summed E-state index contributed by atoms with van der Waals surface area (Å²) in [6.07, 6.45) is 1.78. The van der Waals surface area contributed by atoms with Crippen molar-refractivity contribution in [2.75, 3.05) is 17.7 Å². The van der Waals surface area contributed by atoms with Crippen molar-refractivity contribution in [3.63, 3.8) is 0 Å². The largest absolute Gasteiger partial charge is 0.497 e. The topological polar surface area (TPSA) is 75.7 Å². The van der Waals surface area contributed by atoms with Crippen LogP contribution >= 0.6 is 0 Å². The van der Waals surface area contributed by atoms with E-state index in [0.29, 0.717) is 12.1 Å². The Kier molecular flexibility index (Phi) is 6.85. The summed E-state index contributed by atoms with van der Waals surface area (Å²) in [5.41, 5.74) is 1.39. The summed E-state index contributed by atoms with van der Waals surface area (Å²) >= 11 is 0. The third-order valence-electron chi connectivity index (χ3n) is 4.34. The summed E-state index contributed by atoms with van der Waals surface area (Å²) in [7, 11) is -2.03. The molecule has 0 radical (unpaired) electrons. The number of ether oxygens (including phenoxy) is 1. The molecule has 7 heteroatoms. The highest BCUT2D eigenvalue weighted by Gasteiger charge is 2.30. The minimum Gasteiger partial charge on any atom is -0.497 e. The number of hydrogen-bond donors (Lipinski definition) is 1. The predicted octanol–water partition coefficient (Wildman–Crippen LogP) is 3.12. The van der Waals surface area contributed by atoms with E-state index < -0.39 is 16.1 Å². The second-order valence-corrected chi connectivity index (χ2v) is 8.17. The molecule has 146 valence electrons. The molecule has 0 saturated heterocycles. The summed E-state index contributed by atoms with van der Waals surface area (Å²) in [5, 5.41) is 2.96.